The molecule has 1 unspecified atom stereocenters. The van der Waals surface area contributed by atoms with E-state index in [1.807, 2.05) is 41.5 Å². The van der Waals surface area contributed by atoms with Crippen molar-refractivity contribution in [1.82, 2.24) is 8.61 Å². The minimum Gasteiger partial charge on any atom is -0.463 e. The van der Waals surface area contributed by atoms with Gasteiger partial charge in [-0.05, 0) is 71.9 Å². The van der Waals surface area contributed by atoms with Gasteiger partial charge in [0.05, 0.1) is 21.4 Å². The SMILES string of the molecule is CC(C)C(C)C(=O)OCCONc1c2ccc(S(=O)(=O)N3C[C@H](C)C[C@H](C)C3)cc2c(N=O)c2cc(S(=O)(=O)N3C[C@H](C)C[C@H](C)C3)ccc12. The third kappa shape index (κ3) is 7.84. The van der Waals surface area contributed by atoms with E-state index in [-0.39, 0.29) is 80.9 Å². The van der Waals surface area contributed by atoms with Crippen molar-refractivity contribution in [3.05, 3.63) is 41.3 Å². The van der Waals surface area contributed by atoms with Gasteiger partial charge in [0.2, 0.25) is 20.0 Å². The van der Waals surface area contributed by atoms with Crippen LogP contribution in [-0.4, -0.2) is 70.8 Å². The fourth-order valence-electron chi connectivity index (χ4n) is 7.31. The number of fused-ring (bicyclic) bond motifs is 2. The molecule has 3 aromatic carbocycles. The van der Waals surface area contributed by atoms with Gasteiger partial charge in [0, 0.05) is 47.7 Å². The van der Waals surface area contributed by atoms with Gasteiger partial charge in [-0.25, -0.2) is 16.8 Å². The van der Waals surface area contributed by atoms with Crippen LogP contribution in [0.2, 0.25) is 0 Å². The quantitative estimate of drug-likeness (QED) is 0.0690. The first kappa shape index (κ1) is 38.1. The van der Waals surface area contributed by atoms with Crippen molar-refractivity contribution in [3.8, 4) is 0 Å². The standard InChI is InChI=1S/C36H50N4O8S2/c1-22(2)27(7)36(41)47-12-13-48-38-35-30-10-8-28(49(43,44)39-18-23(3)14-24(4)19-39)16-32(30)34(37-42)33-17-29(9-11-31(33)35)50(45,46)40-20-25(5)15-26(6)21-40/h8-11,16-17,22-27,38H,12-15,18-21H2,1-7H3/t23-,24+,25-,26+,27?. The molecule has 2 saturated heterocycles. The van der Waals surface area contributed by atoms with Crippen LogP contribution in [0.1, 0.15) is 61.3 Å². The van der Waals surface area contributed by atoms with Gasteiger partial charge in [-0.2, -0.15) is 8.61 Å². The topological polar surface area (TPSA) is 152 Å². The van der Waals surface area contributed by atoms with Crippen molar-refractivity contribution >= 4 is 58.9 Å². The van der Waals surface area contributed by atoms with E-state index in [9.17, 15) is 26.5 Å². The molecule has 12 nitrogen and oxygen atoms in total. The first-order valence-electron chi connectivity index (χ1n) is 17.5. The summed E-state index contributed by atoms with van der Waals surface area (Å²) in [6.07, 6.45) is 1.86. The van der Waals surface area contributed by atoms with Gasteiger partial charge in [0.15, 0.2) is 0 Å². The lowest BCUT2D eigenvalue weighted by Gasteiger charge is -2.34. The average molecular weight is 731 g/mol. The summed E-state index contributed by atoms with van der Waals surface area (Å²) in [5, 5.41) is 4.71. The molecule has 2 fully saturated rings. The number of nitroso groups, excluding NO2 is 1. The fraction of sp³-hybridized carbons (Fsp3) is 0.583. The van der Waals surface area contributed by atoms with Crippen LogP contribution in [0.4, 0.5) is 11.4 Å². The van der Waals surface area contributed by atoms with Crippen LogP contribution in [0, 0.1) is 40.4 Å². The Balaban J connectivity index is 1.59. The van der Waals surface area contributed by atoms with Crippen LogP contribution in [0.15, 0.2) is 51.4 Å². The molecule has 0 aliphatic carbocycles. The molecule has 0 radical (unpaired) electrons. The van der Waals surface area contributed by atoms with Gasteiger partial charge in [-0.15, -0.1) is 4.91 Å². The maximum Gasteiger partial charge on any atom is 0.308 e. The predicted molar refractivity (Wildman–Crippen MR) is 195 cm³/mol. The molecule has 5 rings (SSSR count). The van der Waals surface area contributed by atoms with Crippen molar-refractivity contribution in [1.29, 1.82) is 0 Å². The lowest BCUT2D eigenvalue weighted by Crippen LogP contribution is -2.42. The van der Waals surface area contributed by atoms with E-state index in [2.05, 4.69) is 10.7 Å². The van der Waals surface area contributed by atoms with Gasteiger partial charge in [0.25, 0.3) is 0 Å². The number of carbonyl (C=O) groups excluding carboxylic acids is 1. The summed E-state index contributed by atoms with van der Waals surface area (Å²) < 4.78 is 64.0. The van der Waals surface area contributed by atoms with Gasteiger partial charge >= 0.3 is 5.97 Å². The van der Waals surface area contributed by atoms with Crippen molar-refractivity contribution in [2.75, 3.05) is 44.9 Å². The summed E-state index contributed by atoms with van der Waals surface area (Å²) in [6, 6.07) is 9.06. The molecule has 274 valence electrons. The van der Waals surface area contributed by atoms with Crippen LogP contribution in [0.3, 0.4) is 0 Å². The molecule has 2 aliphatic heterocycles. The number of nitrogens with one attached hydrogen (secondary N) is 1. The molecular weight excluding hydrogens is 681 g/mol. The largest absolute Gasteiger partial charge is 0.463 e. The van der Waals surface area contributed by atoms with Gasteiger partial charge in [0.1, 0.15) is 18.9 Å². The Labute approximate surface area is 295 Å². The molecule has 0 saturated carbocycles. The molecule has 0 bridgehead atoms. The molecule has 2 aliphatic rings. The number of esters is 1. The highest BCUT2D eigenvalue weighted by Crippen LogP contribution is 2.44. The lowest BCUT2D eigenvalue weighted by molar-refractivity contribution is -0.150. The number of carbonyl (C=O) groups is 1. The summed E-state index contributed by atoms with van der Waals surface area (Å²) in [6.45, 7) is 15.3. The number of hydrogen-bond donors (Lipinski definition) is 1. The predicted octanol–water partition coefficient (Wildman–Crippen LogP) is 6.90. The normalized spacial score (nSPS) is 23.3. The minimum absolute atomic E-state index is 0.00803. The zero-order chi connectivity index (χ0) is 36.5. The van der Waals surface area contributed by atoms with E-state index < -0.39 is 20.0 Å². The summed E-state index contributed by atoms with van der Waals surface area (Å²) >= 11 is 0. The van der Waals surface area contributed by atoms with E-state index in [1.54, 1.807) is 19.1 Å². The number of sulfonamides is 2. The number of anilines is 1. The van der Waals surface area contributed by atoms with Crippen LogP contribution < -0.4 is 5.48 Å². The third-order valence-corrected chi connectivity index (χ3v) is 13.7. The van der Waals surface area contributed by atoms with E-state index in [0.29, 0.717) is 42.6 Å². The van der Waals surface area contributed by atoms with Crippen molar-refractivity contribution in [2.45, 2.75) is 71.1 Å². The van der Waals surface area contributed by atoms with E-state index in [1.165, 1.54) is 32.9 Å². The number of hydrogen-bond acceptors (Lipinski definition) is 10. The second kappa shape index (κ2) is 15.2. The highest BCUT2D eigenvalue weighted by Gasteiger charge is 2.34. The Hall–Kier alpha value is -3.17. The van der Waals surface area contributed by atoms with Crippen molar-refractivity contribution in [2.24, 2.45) is 40.7 Å². The third-order valence-electron chi connectivity index (χ3n) is 10.0. The molecule has 0 spiro atoms. The molecule has 0 amide bonds. The van der Waals surface area contributed by atoms with Gasteiger partial charge in [-0.3, -0.25) is 15.1 Å². The minimum atomic E-state index is -3.93. The Morgan fingerprint density at radius 1 is 0.760 bits per heavy atom. The second-order valence-electron chi connectivity index (χ2n) is 14.9. The van der Waals surface area contributed by atoms with Crippen LogP contribution in [-0.2, 0) is 34.4 Å². The summed E-state index contributed by atoms with van der Waals surface area (Å²) in [4.78, 5) is 30.7. The number of benzene rings is 3. The molecule has 14 heteroatoms. The summed E-state index contributed by atoms with van der Waals surface area (Å²) in [7, 11) is -7.85. The molecule has 5 atom stereocenters. The van der Waals surface area contributed by atoms with Crippen LogP contribution >= 0.6 is 0 Å². The molecular formula is C36H50N4O8S2. The lowest BCUT2D eigenvalue weighted by atomic mass is 9.94. The van der Waals surface area contributed by atoms with Crippen LogP contribution in [0.5, 0.6) is 0 Å². The molecule has 1 N–H and O–H groups in total. The van der Waals surface area contributed by atoms with Gasteiger partial charge < -0.3 is 4.74 Å². The Kier molecular flexibility index (Phi) is 11.6. The molecule has 0 aromatic heterocycles. The molecule has 2 heterocycles. The monoisotopic (exact) mass is 730 g/mol. The van der Waals surface area contributed by atoms with Crippen molar-refractivity contribution < 1.29 is 31.2 Å². The van der Waals surface area contributed by atoms with E-state index in [4.69, 9.17) is 9.57 Å². The second-order valence-corrected chi connectivity index (χ2v) is 18.8. The summed E-state index contributed by atoms with van der Waals surface area (Å²) in [5.74, 6) is 0.278. The first-order valence-corrected chi connectivity index (χ1v) is 20.3. The van der Waals surface area contributed by atoms with Crippen molar-refractivity contribution in [3.63, 3.8) is 0 Å². The zero-order valence-corrected chi connectivity index (χ0v) is 31.6. The zero-order valence-electron chi connectivity index (χ0n) is 30.0. The smallest absolute Gasteiger partial charge is 0.308 e. The van der Waals surface area contributed by atoms with Gasteiger partial charge in [-0.1, -0.05) is 60.6 Å². The average Bonchev–Trinajstić information content (AvgIpc) is 3.05. The van der Waals surface area contributed by atoms with Crippen LogP contribution in [0.25, 0.3) is 21.5 Å². The Bertz CT molecular complexity index is 1830. The molecule has 3 aromatic rings. The molecule has 50 heavy (non-hydrogen) atoms. The fourth-order valence-corrected chi connectivity index (χ4v) is 10.7. The highest BCUT2D eigenvalue weighted by atomic mass is 32.2. The number of rotatable bonds is 12. The Morgan fingerprint density at radius 2 is 1.20 bits per heavy atom. The first-order chi connectivity index (χ1) is 23.5. The summed E-state index contributed by atoms with van der Waals surface area (Å²) in [5.41, 5.74) is 3.23. The Morgan fingerprint density at radius 3 is 1.60 bits per heavy atom. The maximum atomic E-state index is 13.9. The number of nitrogens with zero attached hydrogens (tertiary/aromatic N) is 3. The van der Waals surface area contributed by atoms with E-state index >= 15 is 0 Å². The number of piperidine rings is 2. The number of ether oxygens (including phenoxy) is 1. The highest BCUT2D eigenvalue weighted by molar-refractivity contribution is 7.89. The van der Waals surface area contributed by atoms with E-state index in [0.717, 1.165) is 12.8 Å². The maximum absolute atomic E-state index is 13.9.